The maximum Gasteiger partial charge on any atom is 0.397 e. The minimum atomic E-state index is -3.58. The molecule has 8 nitrogen and oxygen atoms in total. The molecule has 9 heteroatoms. The van der Waals surface area contributed by atoms with Gasteiger partial charge in [-0.2, -0.15) is 4.31 Å². The second-order valence-electron chi connectivity index (χ2n) is 4.72. The number of ether oxygens (including phenoxy) is 2. The first-order valence-corrected chi connectivity index (χ1v) is 8.55. The van der Waals surface area contributed by atoms with Crippen LogP contribution in [0.4, 0.5) is 5.69 Å². The molecule has 0 atom stereocenters. The monoisotopic (exact) mass is 342 g/mol. The van der Waals surface area contributed by atoms with Gasteiger partial charge in [-0.3, -0.25) is 4.79 Å². The highest BCUT2D eigenvalue weighted by Gasteiger charge is 2.26. The van der Waals surface area contributed by atoms with Crippen molar-refractivity contribution in [3.05, 3.63) is 24.3 Å². The number of morpholine rings is 1. The van der Waals surface area contributed by atoms with Gasteiger partial charge in [0, 0.05) is 18.8 Å². The van der Waals surface area contributed by atoms with E-state index in [9.17, 15) is 18.0 Å². The predicted octanol–water partition coefficient (Wildman–Crippen LogP) is 0.209. The third-order valence-corrected chi connectivity index (χ3v) is 5.09. The number of nitrogens with zero attached hydrogens (tertiary/aromatic N) is 1. The van der Waals surface area contributed by atoms with Crippen LogP contribution in [-0.4, -0.2) is 57.5 Å². The first kappa shape index (κ1) is 17.4. The zero-order chi connectivity index (χ0) is 16.9. The number of rotatable bonds is 4. The SMILES string of the molecule is CCOC(=O)C(=O)Nc1ccc(S(=O)(=O)N2CCOCC2)cc1. The summed E-state index contributed by atoms with van der Waals surface area (Å²) in [5.41, 5.74) is 0.309. The standard InChI is InChI=1S/C14H18N2O6S/c1-2-22-14(18)13(17)15-11-3-5-12(6-4-11)23(19,20)16-7-9-21-10-8-16/h3-6H,2,7-10H2,1H3,(H,15,17). The van der Waals surface area contributed by atoms with E-state index < -0.39 is 21.9 Å². The summed E-state index contributed by atoms with van der Waals surface area (Å²) in [4.78, 5) is 22.9. The third-order valence-electron chi connectivity index (χ3n) is 3.18. The van der Waals surface area contributed by atoms with Gasteiger partial charge in [-0.05, 0) is 31.2 Å². The summed E-state index contributed by atoms with van der Waals surface area (Å²) in [5, 5.41) is 2.34. The molecule has 23 heavy (non-hydrogen) atoms. The molecule has 1 heterocycles. The van der Waals surface area contributed by atoms with E-state index in [-0.39, 0.29) is 11.5 Å². The molecule has 0 unspecified atom stereocenters. The van der Waals surface area contributed by atoms with Crippen molar-refractivity contribution in [2.75, 3.05) is 38.2 Å². The number of amides is 1. The van der Waals surface area contributed by atoms with E-state index in [0.717, 1.165) is 0 Å². The van der Waals surface area contributed by atoms with Crippen molar-refractivity contribution in [3.63, 3.8) is 0 Å². The Morgan fingerprint density at radius 2 is 1.83 bits per heavy atom. The second-order valence-corrected chi connectivity index (χ2v) is 6.65. The highest BCUT2D eigenvalue weighted by atomic mass is 32.2. The number of benzene rings is 1. The number of nitrogens with one attached hydrogen (secondary N) is 1. The van der Waals surface area contributed by atoms with Crippen molar-refractivity contribution >= 4 is 27.6 Å². The Balaban J connectivity index is 2.07. The minimum Gasteiger partial charge on any atom is -0.459 e. The number of hydrogen-bond acceptors (Lipinski definition) is 6. The summed E-state index contributed by atoms with van der Waals surface area (Å²) in [5.74, 6) is -1.90. The molecule has 1 saturated heterocycles. The van der Waals surface area contributed by atoms with Gasteiger partial charge in [0.05, 0.1) is 24.7 Å². The van der Waals surface area contributed by atoms with E-state index >= 15 is 0 Å². The average Bonchev–Trinajstić information content (AvgIpc) is 2.56. The maximum absolute atomic E-state index is 12.4. The smallest absolute Gasteiger partial charge is 0.397 e. The molecule has 1 aromatic carbocycles. The molecular formula is C14H18N2O6S. The molecule has 1 N–H and O–H groups in total. The van der Waals surface area contributed by atoms with Crippen LogP contribution in [0.2, 0.25) is 0 Å². The molecular weight excluding hydrogens is 324 g/mol. The molecule has 0 bridgehead atoms. The van der Waals surface area contributed by atoms with E-state index in [0.29, 0.717) is 32.0 Å². The van der Waals surface area contributed by atoms with Crippen LogP contribution in [0.3, 0.4) is 0 Å². The van der Waals surface area contributed by atoms with Crippen LogP contribution in [0, 0.1) is 0 Å². The predicted molar refractivity (Wildman–Crippen MR) is 81.3 cm³/mol. The zero-order valence-electron chi connectivity index (χ0n) is 12.6. The average molecular weight is 342 g/mol. The first-order chi connectivity index (χ1) is 10.9. The lowest BCUT2D eigenvalue weighted by Gasteiger charge is -2.26. The molecule has 1 amide bonds. The highest BCUT2D eigenvalue weighted by molar-refractivity contribution is 7.89. The van der Waals surface area contributed by atoms with E-state index in [4.69, 9.17) is 4.74 Å². The molecule has 1 aliphatic rings. The highest BCUT2D eigenvalue weighted by Crippen LogP contribution is 2.19. The summed E-state index contributed by atoms with van der Waals surface area (Å²) >= 11 is 0. The quantitative estimate of drug-likeness (QED) is 0.620. The first-order valence-electron chi connectivity index (χ1n) is 7.11. The topological polar surface area (TPSA) is 102 Å². The van der Waals surface area contributed by atoms with Crippen LogP contribution in [0.5, 0.6) is 0 Å². The van der Waals surface area contributed by atoms with Crippen molar-refractivity contribution in [1.29, 1.82) is 0 Å². The molecule has 0 spiro atoms. The van der Waals surface area contributed by atoms with Crippen molar-refractivity contribution < 1.29 is 27.5 Å². The molecule has 0 aliphatic carbocycles. The largest absolute Gasteiger partial charge is 0.459 e. The summed E-state index contributed by atoms with van der Waals surface area (Å²) in [6, 6.07) is 5.60. The Labute approximate surface area is 134 Å². The van der Waals surface area contributed by atoms with Crippen LogP contribution < -0.4 is 5.32 Å². The minimum absolute atomic E-state index is 0.100. The fourth-order valence-electron chi connectivity index (χ4n) is 2.03. The van der Waals surface area contributed by atoms with E-state index in [1.807, 2.05) is 0 Å². The molecule has 0 radical (unpaired) electrons. The molecule has 2 rings (SSSR count). The maximum atomic E-state index is 12.4. The number of carbonyl (C=O) groups is 2. The van der Waals surface area contributed by atoms with E-state index in [1.54, 1.807) is 6.92 Å². The fourth-order valence-corrected chi connectivity index (χ4v) is 3.43. The van der Waals surface area contributed by atoms with Crippen molar-refractivity contribution in [2.24, 2.45) is 0 Å². The van der Waals surface area contributed by atoms with Crippen LogP contribution >= 0.6 is 0 Å². The normalized spacial score (nSPS) is 15.9. The van der Waals surface area contributed by atoms with Crippen LogP contribution in [0.25, 0.3) is 0 Å². The Bertz CT molecular complexity index is 665. The second kappa shape index (κ2) is 7.53. The molecule has 0 saturated carbocycles. The number of carbonyl (C=O) groups excluding carboxylic acids is 2. The lowest BCUT2D eigenvalue weighted by atomic mass is 10.3. The van der Waals surface area contributed by atoms with Gasteiger partial charge >= 0.3 is 11.9 Å². The van der Waals surface area contributed by atoms with E-state index in [2.05, 4.69) is 10.1 Å². The lowest BCUT2D eigenvalue weighted by molar-refractivity contribution is -0.152. The van der Waals surface area contributed by atoms with Gasteiger partial charge in [-0.1, -0.05) is 0 Å². The summed E-state index contributed by atoms with van der Waals surface area (Å²) < 4.78 is 35.9. The number of hydrogen-bond donors (Lipinski definition) is 1. The van der Waals surface area contributed by atoms with Crippen LogP contribution in [-0.2, 0) is 29.1 Å². The van der Waals surface area contributed by atoms with Crippen molar-refractivity contribution in [2.45, 2.75) is 11.8 Å². The van der Waals surface area contributed by atoms with Gasteiger partial charge in [-0.15, -0.1) is 0 Å². The van der Waals surface area contributed by atoms with Gasteiger partial charge in [0.1, 0.15) is 0 Å². The number of anilines is 1. The van der Waals surface area contributed by atoms with Gasteiger partial charge in [0.25, 0.3) is 0 Å². The Morgan fingerprint density at radius 1 is 1.22 bits per heavy atom. The number of esters is 1. The summed E-state index contributed by atoms with van der Waals surface area (Å²) in [6.07, 6.45) is 0. The van der Waals surface area contributed by atoms with Gasteiger partial charge in [0.2, 0.25) is 10.0 Å². The van der Waals surface area contributed by atoms with Gasteiger partial charge in [0.15, 0.2) is 0 Å². The fraction of sp³-hybridized carbons (Fsp3) is 0.429. The van der Waals surface area contributed by atoms with Gasteiger partial charge in [-0.25, -0.2) is 13.2 Å². The summed E-state index contributed by atoms with van der Waals surface area (Å²) in [6.45, 7) is 3.05. The Kier molecular flexibility index (Phi) is 5.69. The molecule has 1 aliphatic heterocycles. The van der Waals surface area contributed by atoms with Crippen LogP contribution in [0.15, 0.2) is 29.2 Å². The Hall–Kier alpha value is -1.97. The van der Waals surface area contributed by atoms with Crippen molar-refractivity contribution in [1.82, 2.24) is 4.31 Å². The van der Waals surface area contributed by atoms with Gasteiger partial charge < -0.3 is 14.8 Å². The lowest BCUT2D eigenvalue weighted by Crippen LogP contribution is -2.40. The molecule has 1 fully saturated rings. The zero-order valence-corrected chi connectivity index (χ0v) is 13.5. The third kappa shape index (κ3) is 4.27. The summed E-state index contributed by atoms with van der Waals surface area (Å²) in [7, 11) is -3.58. The Morgan fingerprint density at radius 3 is 2.39 bits per heavy atom. The number of sulfonamides is 1. The molecule has 126 valence electrons. The van der Waals surface area contributed by atoms with Crippen molar-refractivity contribution in [3.8, 4) is 0 Å². The van der Waals surface area contributed by atoms with E-state index in [1.165, 1.54) is 28.6 Å². The molecule has 1 aromatic rings. The molecule has 0 aromatic heterocycles. The van der Waals surface area contributed by atoms with Crippen LogP contribution in [0.1, 0.15) is 6.92 Å².